The summed E-state index contributed by atoms with van der Waals surface area (Å²) < 4.78 is 5.33. The van der Waals surface area contributed by atoms with E-state index in [0.717, 1.165) is 18.4 Å². The maximum atomic E-state index is 12.6. The van der Waals surface area contributed by atoms with Crippen LogP contribution in [0, 0.1) is 0 Å². The first-order chi connectivity index (χ1) is 14.6. The molecule has 5 nitrogen and oxygen atoms in total. The number of benzene rings is 3. The van der Waals surface area contributed by atoms with Crippen LogP contribution >= 0.6 is 0 Å². The van der Waals surface area contributed by atoms with Gasteiger partial charge >= 0.3 is 5.97 Å². The maximum absolute atomic E-state index is 12.6. The van der Waals surface area contributed by atoms with Gasteiger partial charge in [0.05, 0.1) is 5.41 Å². The number of amides is 1. The zero-order valence-electron chi connectivity index (χ0n) is 16.3. The van der Waals surface area contributed by atoms with Gasteiger partial charge in [-0.3, -0.25) is 14.4 Å². The molecule has 0 aliphatic heterocycles. The van der Waals surface area contributed by atoms with E-state index >= 15 is 0 Å². The fourth-order valence-corrected chi connectivity index (χ4v) is 3.38. The van der Waals surface area contributed by atoms with Crippen molar-refractivity contribution in [1.82, 2.24) is 0 Å². The smallest absolute Gasteiger partial charge is 0.317 e. The number of Topliss-reactive ketones (excluding diaryl/α,β-unsaturated/α-hetero) is 1. The third-order valence-electron chi connectivity index (χ3n) is 5.30. The number of hydrogen-bond donors (Lipinski definition) is 1. The molecule has 1 aliphatic rings. The van der Waals surface area contributed by atoms with Crippen LogP contribution in [0.5, 0.6) is 0 Å². The predicted molar refractivity (Wildman–Crippen MR) is 113 cm³/mol. The van der Waals surface area contributed by atoms with Crippen LogP contribution in [0.15, 0.2) is 84.9 Å². The lowest BCUT2D eigenvalue weighted by atomic mass is 9.96. The summed E-state index contributed by atoms with van der Waals surface area (Å²) in [4.78, 5) is 37.2. The first-order valence-corrected chi connectivity index (χ1v) is 9.81. The molecule has 5 heteroatoms. The van der Waals surface area contributed by atoms with E-state index in [4.69, 9.17) is 4.74 Å². The second kappa shape index (κ2) is 8.33. The van der Waals surface area contributed by atoms with Gasteiger partial charge in [0.25, 0.3) is 5.91 Å². The summed E-state index contributed by atoms with van der Waals surface area (Å²) >= 11 is 0. The number of nitrogens with one attached hydrogen (secondary N) is 1. The molecule has 1 saturated carbocycles. The standard InChI is InChI=1S/C25H21NO4/c27-22(17-30-24(29)25(15-16-25)20-9-5-2-6-10-20)18-11-13-21(14-12-18)26-23(28)19-7-3-1-4-8-19/h1-14H,15-17H2,(H,26,28). The Bertz CT molecular complexity index is 1060. The molecule has 0 spiro atoms. The molecule has 0 saturated heterocycles. The minimum atomic E-state index is -0.604. The number of anilines is 1. The monoisotopic (exact) mass is 399 g/mol. The van der Waals surface area contributed by atoms with Crippen LogP contribution in [0.4, 0.5) is 5.69 Å². The van der Waals surface area contributed by atoms with Gasteiger partial charge in [-0.15, -0.1) is 0 Å². The van der Waals surface area contributed by atoms with E-state index in [1.54, 1.807) is 48.5 Å². The molecule has 1 N–H and O–H groups in total. The second-order valence-electron chi connectivity index (χ2n) is 7.34. The molecule has 1 amide bonds. The van der Waals surface area contributed by atoms with Crippen LogP contribution < -0.4 is 5.32 Å². The Balaban J connectivity index is 1.33. The van der Waals surface area contributed by atoms with Crippen molar-refractivity contribution in [3.05, 3.63) is 102 Å². The minimum absolute atomic E-state index is 0.223. The van der Waals surface area contributed by atoms with E-state index < -0.39 is 5.41 Å². The molecule has 0 bridgehead atoms. The molecule has 30 heavy (non-hydrogen) atoms. The molecule has 0 unspecified atom stereocenters. The fraction of sp³-hybridized carbons (Fsp3) is 0.160. The van der Waals surface area contributed by atoms with Gasteiger partial charge in [-0.1, -0.05) is 48.5 Å². The van der Waals surface area contributed by atoms with Crippen molar-refractivity contribution < 1.29 is 19.1 Å². The van der Waals surface area contributed by atoms with E-state index in [0.29, 0.717) is 16.8 Å². The SMILES string of the molecule is O=C(COC(=O)C1(c2ccccc2)CC1)c1ccc(NC(=O)c2ccccc2)cc1. The number of carbonyl (C=O) groups excluding carboxylic acids is 3. The van der Waals surface area contributed by atoms with Crippen molar-refractivity contribution in [2.75, 3.05) is 11.9 Å². The molecule has 0 aromatic heterocycles. The number of carbonyl (C=O) groups is 3. The topological polar surface area (TPSA) is 72.5 Å². The van der Waals surface area contributed by atoms with Gasteiger partial charge in [-0.2, -0.15) is 0 Å². The predicted octanol–water partition coefficient (Wildman–Crippen LogP) is 4.40. The van der Waals surface area contributed by atoms with Crippen molar-refractivity contribution in [1.29, 1.82) is 0 Å². The van der Waals surface area contributed by atoms with Crippen molar-refractivity contribution in [2.24, 2.45) is 0 Å². The van der Waals surface area contributed by atoms with E-state index in [-0.39, 0.29) is 24.3 Å². The van der Waals surface area contributed by atoms with Crippen molar-refractivity contribution in [2.45, 2.75) is 18.3 Å². The molecule has 1 fully saturated rings. The zero-order chi connectivity index (χ0) is 21.0. The number of ketones is 1. The Kier molecular flexibility index (Phi) is 5.44. The summed E-state index contributed by atoms with van der Waals surface area (Å²) in [5.74, 6) is -0.860. The van der Waals surface area contributed by atoms with Crippen LogP contribution in [-0.2, 0) is 14.9 Å². The largest absolute Gasteiger partial charge is 0.457 e. The second-order valence-corrected chi connectivity index (χ2v) is 7.34. The molecular formula is C25H21NO4. The summed E-state index contributed by atoms with van der Waals surface area (Å²) in [6.45, 7) is -0.302. The van der Waals surface area contributed by atoms with Gasteiger partial charge in [0.1, 0.15) is 0 Å². The molecule has 3 aromatic rings. The first kappa shape index (κ1) is 19.6. The number of hydrogen-bond acceptors (Lipinski definition) is 4. The average molecular weight is 399 g/mol. The Morgan fingerprint density at radius 2 is 1.37 bits per heavy atom. The molecule has 0 heterocycles. The highest BCUT2D eigenvalue weighted by atomic mass is 16.5. The van der Waals surface area contributed by atoms with E-state index in [2.05, 4.69) is 5.32 Å². The van der Waals surface area contributed by atoms with Gasteiger partial charge in [0.15, 0.2) is 12.4 Å². The summed E-state index contributed by atoms with van der Waals surface area (Å²) in [5, 5.41) is 2.79. The lowest BCUT2D eigenvalue weighted by Gasteiger charge is -2.14. The van der Waals surface area contributed by atoms with Crippen molar-refractivity contribution in [3.8, 4) is 0 Å². The van der Waals surface area contributed by atoms with Crippen LogP contribution in [0.1, 0.15) is 39.1 Å². The molecule has 0 radical (unpaired) electrons. The molecular weight excluding hydrogens is 378 g/mol. The van der Waals surface area contributed by atoms with Crippen molar-refractivity contribution in [3.63, 3.8) is 0 Å². The molecule has 3 aromatic carbocycles. The highest BCUT2D eigenvalue weighted by molar-refractivity contribution is 6.04. The quantitative estimate of drug-likeness (QED) is 0.472. The molecule has 1 aliphatic carbocycles. The van der Waals surface area contributed by atoms with Gasteiger partial charge in [0, 0.05) is 16.8 Å². The number of ether oxygens (including phenoxy) is 1. The van der Waals surface area contributed by atoms with Gasteiger partial charge in [0.2, 0.25) is 0 Å². The Morgan fingerprint density at radius 3 is 1.97 bits per heavy atom. The lowest BCUT2D eigenvalue weighted by molar-refractivity contribution is -0.145. The third-order valence-corrected chi connectivity index (χ3v) is 5.30. The fourth-order valence-electron chi connectivity index (χ4n) is 3.38. The van der Waals surface area contributed by atoms with Crippen LogP contribution in [0.2, 0.25) is 0 Å². The van der Waals surface area contributed by atoms with E-state index in [9.17, 15) is 14.4 Å². The Hall–Kier alpha value is -3.73. The number of rotatable bonds is 7. The summed E-state index contributed by atoms with van der Waals surface area (Å²) in [6.07, 6.45) is 1.47. The van der Waals surface area contributed by atoms with Gasteiger partial charge in [-0.25, -0.2) is 0 Å². The summed E-state index contributed by atoms with van der Waals surface area (Å²) in [6, 6.07) is 24.9. The van der Waals surface area contributed by atoms with Gasteiger partial charge in [-0.05, 0) is 54.8 Å². The summed E-state index contributed by atoms with van der Waals surface area (Å²) in [7, 11) is 0. The third kappa shape index (κ3) is 4.15. The van der Waals surface area contributed by atoms with Crippen molar-refractivity contribution >= 4 is 23.3 Å². The van der Waals surface area contributed by atoms with E-state index in [1.807, 2.05) is 36.4 Å². The van der Waals surface area contributed by atoms with Crippen LogP contribution in [-0.4, -0.2) is 24.3 Å². The highest BCUT2D eigenvalue weighted by Crippen LogP contribution is 2.49. The highest BCUT2D eigenvalue weighted by Gasteiger charge is 2.52. The Labute approximate surface area is 174 Å². The van der Waals surface area contributed by atoms with Gasteiger partial charge < -0.3 is 10.1 Å². The van der Waals surface area contributed by atoms with E-state index in [1.165, 1.54) is 0 Å². The molecule has 150 valence electrons. The zero-order valence-corrected chi connectivity index (χ0v) is 16.3. The van der Waals surface area contributed by atoms with Crippen LogP contribution in [0.25, 0.3) is 0 Å². The molecule has 4 rings (SSSR count). The first-order valence-electron chi connectivity index (χ1n) is 9.81. The normalized spacial score (nSPS) is 13.9. The Morgan fingerprint density at radius 1 is 0.767 bits per heavy atom. The molecule has 0 atom stereocenters. The summed E-state index contributed by atoms with van der Waals surface area (Å²) in [5.41, 5.74) is 1.88. The van der Waals surface area contributed by atoms with Crippen LogP contribution in [0.3, 0.4) is 0 Å². The lowest BCUT2D eigenvalue weighted by Crippen LogP contribution is -2.25. The maximum Gasteiger partial charge on any atom is 0.317 e. The minimum Gasteiger partial charge on any atom is -0.457 e. The average Bonchev–Trinajstić information content (AvgIpc) is 3.61. The number of esters is 1.